The van der Waals surface area contributed by atoms with E-state index in [2.05, 4.69) is 0 Å². The quantitative estimate of drug-likeness (QED) is 0.370. The minimum absolute atomic E-state index is 0.0109. The largest absolute Gasteiger partial charge is 0.494 e. The van der Waals surface area contributed by atoms with Crippen LogP contribution in [-0.2, 0) is 9.53 Å². The molecule has 4 aromatic rings. The Morgan fingerprint density at radius 2 is 1.79 bits per heavy atom. The van der Waals surface area contributed by atoms with Crippen molar-refractivity contribution in [2.45, 2.75) is 24.9 Å². The number of carbonyl (C=O) groups excluding carboxylic acids is 1. The highest BCUT2D eigenvalue weighted by atomic mass is 32.1. The number of amides is 1. The number of rotatable bonds is 5. The Kier molecular flexibility index (Phi) is 5.43. The van der Waals surface area contributed by atoms with E-state index in [1.54, 1.807) is 7.11 Å². The molecule has 3 heterocycles. The predicted octanol–water partition coefficient (Wildman–Crippen LogP) is 5.75. The number of benzene rings is 3. The molecule has 6 nitrogen and oxygen atoms in total. The summed E-state index contributed by atoms with van der Waals surface area (Å²) >= 11 is 1.50. The average molecular weight is 473 g/mol. The zero-order valence-electron chi connectivity index (χ0n) is 18.8. The zero-order chi connectivity index (χ0) is 23.1. The fourth-order valence-electron chi connectivity index (χ4n) is 4.78. The molecule has 0 bridgehead atoms. The number of hydrogen-bond donors (Lipinski definition) is 0. The first-order valence-electron chi connectivity index (χ1n) is 11.4. The number of fused-ring (bicyclic) bond motifs is 3. The number of hydrogen-bond acceptors (Lipinski definition) is 6. The Labute approximate surface area is 201 Å². The molecule has 6 rings (SSSR count). The molecule has 0 spiro atoms. The topological polar surface area (TPSA) is 60.9 Å². The monoisotopic (exact) mass is 472 g/mol. The van der Waals surface area contributed by atoms with Gasteiger partial charge in [0.2, 0.25) is 5.91 Å². The summed E-state index contributed by atoms with van der Waals surface area (Å²) in [5, 5.41) is 0.654. The molecule has 1 saturated heterocycles. The van der Waals surface area contributed by atoms with Gasteiger partial charge in [0, 0.05) is 17.7 Å². The SMILES string of the molecule is COc1cccc2sc(N(C[C@H]3CCCO3)C(=O)C3c4ccccc4Oc4ccccc43)nc12. The molecular formula is C27H24N2O4S. The van der Waals surface area contributed by atoms with Crippen LogP contribution in [0.3, 0.4) is 0 Å². The fraction of sp³-hybridized carbons (Fsp3) is 0.259. The first kappa shape index (κ1) is 21.1. The minimum atomic E-state index is -0.489. The summed E-state index contributed by atoms with van der Waals surface area (Å²) in [5.74, 6) is 1.60. The van der Waals surface area contributed by atoms with Crippen LogP contribution in [0.1, 0.15) is 29.9 Å². The van der Waals surface area contributed by atoms with Gasteiger partial charge in [0.25, 0.3) is 0 Å². The van der Waals surface area contributed by atoms with E-state index in [0.29, 0.717) is 28.9 Å². The molecule has 1 amide bonds. The van der Waals surface area contributed by atoms with Crippen molar-refractivity contribution in [1.29, 1.82) is 0 Å². The molecule has 34 heavy (non-hydrogen) atoms. The maximum atomic E-state index is 14.4. The fourth-order valence-corrected chi connectivity index (χ4v) is 5.78. The number of thiazole rings is 1. The van der Waals surface area contributed by atoms with Crippen molar-refractivity contribution in [3.8, 4) is 17.2 Å². The highest BCUT2D eigenvalue weighted by Crippen LogP contribution is 2.46. The summed E-state index contributed by atoms with van der Waals surface area (Å²) in [6, 6.07) is 21.4. The first-order chi connectivity index (χ1) is 16.7. The van der Waals surface area contributed by atoms with E-state index in [9.17, 15) is 4.79 Å². The molecule has 172 valence electrons. The summed E-state index contributed by atoms with van der Waals surface area (Å²) in [5.41, 5.74) is 2.49. The number of methoxy groups -OCH3 is 1. The summed E-state index contributed by atoms with van der Waals surface area (Å²) in [7, 11) is 1.64. The van der Waals surface area contributed by atoms with Gasteiger partial charge < -0.3 is 14.2 Å². The van der Waals surface area contributed by atoms with E-state index in [0.717, 1.165) is 40.8 Å². The lowest BCUT2D eigenvalue weighted by atomic mass is 9.87. The van der Waals surface area contributed by atoms with Crippen LogP contribution < -0.4 is 14.4 Å². The van der Waals surface area contributed by atoms with E-state index in [1.807, 2.05) is 71.6 Å². The van der Waals surface area contributed by atoms with E-state index >= 15 is 0 Å². The molecule has 1 aromatic heterocycles. The van der Waals surface area contributed by atoms with Gasteiger partial charge in [0.05, 0.1) is 30.4 Å². The Bertz CT molecular complexity index is 1320. The van der Waals surface area contributed by atoms with Crippen molar-refractivity contribution in [1.82, 2.24) is 4.98 Å². The Balaban J connectivity index is 1.47. The number of para-hydroxylation sites is 3. The highest BCUT2D eigenvalue weighted by molar-refractivity contribution is 7.22. The molecule has 1 atom stereocenters. The highest BCUT2D eigenvalue weighted by Gasteiger charge is 2.38. The van der Waals surface area contributed by atoms with E-state index < -0.39 is 5.92 Å². The van der Waals surface area contributed by atoms with Gasteiger partial charge in [-0.3, -0.25) is 9.69 Å². The van der Waals surface area contributed by atoms with Gasteiger partial charge in [0.1, 0.15) is 22.8 Å². The summed E-state index contributed by atoms with van der Waals surface area (Å²) < 4.78 is 18.6. The van der Waals surface area contributed by atoms with E-state index in [4.69, 9.17) is 19.2 Å². The molecule has 7 heteroatoms. The third kappa shape index (κ3) is 3.61. The standard InChI is InChI=1S/C27H24N2O4S/c1-31-22-13-6-14-23-25(22)28-27(34-23)29(16-17-8-7-15-32-17)26(30)24-18-9-2-4-11-20(18)33-21-12-5-3-10-19(21)24/h2-6,9-14,17,24H,7-8,15-16H2,1H3/t17-/m1/s1. The molecule has 0 unspecified atom stereocenters. The molecule has 0 saturated carbocycles. The van der Waals surface area contributed by atoms with Gasteiger partial charge in [-0.25, -0.2) is 4.98 Å². The lowest BCUT2D eigenvalue weighted by Gasteiger charge is -2.32. The van der Waals surface area contributed by atoms with E-state index in [1.165, 1.54) is 11.3 Å². The Hall–Kier alpha value is -3.42. The summed E-state index contributed by atoms with van der Waals surface area (Å²) in [6.07, 6.45) is 1.92. The van der Waals surface area contributed by atoms with E-state index in [-0.39, 0.29) is 12.0 Å². The predicted molar refractivity (Wildman–Crippen MR) is 132 cm³/mol. The van der Waals surface area contributed by atoms with Crippen molar-refractivity contribution in [2.24, 2.45) is 0 Å². The first-order valence-corrected chi connectivity index (χ1v) is 12.3. The molecular weight excluding hydrogens is 448 g/mol. The molecule has 0 N–H and O–H groups in total. The second kappa shape index (κ2) is 8.74. The number of carbonyl (C=O) groups is 1. The normalized spacial score (nSPS) is 17.1. The number of anilines is 1. The zero-order valence-corrected chi connectivity index (χ0v) is 19.6. The maximum Gasteiger partial charge on any atom is 0.241 e. The van der Waals surface area contributed by atoms with Crippen molar-refractivity contribution in [3.05, 3.63) is 77.9 Å². The lowest BCUT2D eigenvalue weighted by molar-refractivity contribution is -0.119. The summed E-state index contributed by atoms with van der Waals surface area (Å²) in [6.45, 7) is 1.19. The number of nitrogens with zero attached hydrogens (tertiary/aromatic N) is 2. The Morgan fingerprint density at radius 3 is 2.47 bits per heavy atom. The van der Waals surface area contributed by atoms with Crippen LogP contribution in [0.25, 0.3) is 10.2 Å². The Morgan fingerprint density at radius 1 is 1.06 bits per heavy atom. The van der Waals surface area contributed by atoms with Crippen LogP contribution in [0.15, 0.2) is 66.7 Å². The van der Waals surface area contributed by atoms with Crippen LogP contribution in [0.5, 0.6) is 17.2 Å². The van der Waals surface area contributed by atoms with Crippen molar-refractivity contribution in [2.75, 3.05) is 25.2 Å². The molecule has 0 radical (unpaired) electrons. The smallest absolute Gasteiger partial charge is 0.241 e. The van der Waals surface area contributed by atoms with Crippen LogP contribution >= 0.6 is 11.3 Å². The van der Waals surface area contributed by atoms with Gasteiger partial charge in [-0.15, -0.1) is 0 Å². The van der Waals surface area contributed by atoms with Crippen molar-refractivity contribution >= 4 is 32.6 Å². The maximum absolute atomic E-state index is 14.4. The molecule has 3 aromatic carbocycles. The summed E-state index contributed by atoms with van der Waals surface area (Å²) in [4.78, 5) is 21.1. The third-order valence-electron chi connectivity index (χ3n) is 6.42. The molecule has 1 fully saturated rings. The second-order valence-corrected chi connectivity index (χ2v) is 9.51. The van der Waals surface area contributed by atoms with Gasteiger partial charge in [-0.1, -0.05) is 53.8 Å². The van der Waals surface area contributed by atoms with Crippen LogP contribution in [0, 0.1) is 0 Å². The van der Waals surface area contributed by atoms with Crippen LogP contribution in [-0.4, -0.2) is 37.3 Å². The van der Waals surface area contributed by atoms with Crippen LogP contribution in [0.2, 0.25) is 0 Å². The third-order valence-corrected chi connectivity index (χ3v) is 7.47. The van der Waals surface area contributed by atoms with Gasteiger partial charge in [-0.2, -0.15) is 0 Å². The molecule has 2 aliphatic rings. The number of aromatic nitrogens is 1. The van der Waals surface area contributed by atoms with Gasteiger partial charge >= 0.3 is 0 Å². The van der Waals surface area contributed by atoms with Crippen molar-refractivity contribution in [3.63, 3.8) is 0 Å². The van der Waals surface area contributed by atoms with Gasteiger partial charge in [0.15, 0.2) is 5.13 Å². The minimum Gasteiger partial charge on any atom is -0.494 e. The lowest BCUT2D eigenvalue weighted by Crippen LogP contribution is -2.41. The molecule has 0 aliphatic carbocycles. The van der Waals surface area contributed by atoms with Gasteiger partial charge in [-0.05, 0) is 37.1 Å². The molecule has 2 aliphatic heterocycles. The number of ether oxygens (including phenoxy) is 3. The van der Waals surface area contributed by atoms with Crippen molar-refractivity contribution < 1.29 is 19.0 Å². The van der Waals surface area contributed by atoms with Crippen LogP contribution in [0.4, 0.5) is 5.13 Å². The second-order valence-electron chi connectivity index (χ2n) is 8.50. The average Bonchev–Trinajstić information content (AvgIpc) is 3.55.